The fraction of sp³-hybridized carbons (Fsp3) is 0. The third-order valence-electron chi connectivity index (χ3n) is 10.3. The Labute approximate surface area is 282 Å². The van der Waals surface area contributed by atoms with Crippen LogP contribution in [0.3, 0.4) is 0 Å². The van der Waals surface area contributed by atoms with Gasteiger partial charge in [-0.3, -0.25) is 0 Å². The number of hydrogen-bond donors (Lipinski definition) is 0. The maximum atomic E-state index is 6.63. The van der Waals surface area contributed by atoms with Crippen molar-refractivity contribution in [1.29, 1.82) is 0 Å². The van der Waals surface area contributed by atoms with Crippen LogP contribution in [-0.4, -0.2) is 9.13 Å². The van der Waals surface area contributed by atoms with Gasteiger partial charge in [0.2, 0.25) is 0 Å². The van der Waals surface area contributed by atoms with Crippen molar-refractivity contribution < 1.29 is 4.74 Å². The molecule has 0 bridgehead atoms. The van der Waals surface area contributed by atoms with Crippen LogP contribution in [-0.2, 0) is 0 Å². The van der Waals surface area contributed by atoms with Crippen LogP contribution < -0.4 is 4.74 Å². The van der Waals surface area contributed by atoms with Gasteiger partial charge < -0.3 is 13.9 Å². The Morgan fingerprint density at radius 3 is 1.67 bits per heavy atom. The predicted molar refractivity (Wildman–Crippen MR) is 204 cm³/mol. The summed E-state index contributed by atoms with van der Waals surface area (Å²) in [5.74, 6) is 1.80. The van der Waals surface area contributed by atoms with Gasteiger partial charge in [-0.1, -0.05) is 103 Å². The summed E-state index contributed by atoms with van der Waals surface area (Å²) in [5, 5.41) is 7.35. The minimum absolute atomic E-state index is 0.899. The monoisotopic (exact) mass is 624 g/mol. The van der Waals surface area contributed by atoms with E-state index in [1.165, 1.54) is 71.2 Å². The first-order valence-corrected chi connectivity index (χ1v) is 16.8. The summed E-state index contributed by atoms with van der Waals surface area (Å²) in [6.07, 6.45) is 0. The van der Waals surface area contributed by atoms with E-state index in [2.05, 4.69) is 173 Å². The van der Waals surface area contributed by atoms with Crippen LogP contribution in [0.15, 0.2) is 170 Å². The molecule has 0 saturated heterocycles. The molecule has 2 aromatic heterocycles. The number of rotatable bonds is 3. The standard InChI is InChI=1S/C46H28N2O/c1-3-12-31(13-4-1)47-39-20-9-7-16-33(39)37-26-29(22-24-40(37)47)30-23-25-41-38(27-30)45-36-19-11-18-35-34-17-8-10-21-43(34)49-44(46(35)36)28-42(45)48(41)32-14-5-2-6-15-32/h1-28H. The maximum absolute atomic E-state index is 6.63. The van der Waals surface area contributed by atoms with E-state index in [4.69, 9.17) is 4.74 Å². The van der Waals surface area contributed by atoms with Crippen molar-refractivity contribution in [2.45, 2.75) is 0 Å². The van der Waals surface area contributed by atoms with Crippen molar-refractivity contribution in [3.63, 3.8) is 0 Å². The summed E-state index contributed by atoms with van der Waals surface area (Å²) in [4.78, 5) is 0. The van der Waals surface area contributed by atoms with Crippen molar-refractivity contribution in [2.24, 2.45) is 0 Å². The Balaban J connectivity index is 1.20. The van der Waals surface area contributed by atoms with E-state index in [0.717, 1.165) is 28.3 Å². The Bertz CT molecular complexity index is 2950. The zero-order valence-corrected chi connectivity index (χ0v) is 26.5. The number of aromatic nitrogens is 2. The molecule has 8 aromatic carbocycles. The average molecular weight is 625 g/mol. The van der Waals surface area contributed by atoms with E-state index in [-0.39, 0.29) is 0 Å². The van der Waals surface area contributed by atoms with Gasteiger partial charge in [0.1, 0.15) is 11.5 Å². The highest BCUT2D eigenvalue weighted by molar-refractivity contribution is 6.26. The molecule has 11 rings (SSSR count). The average Bonchev–Trinajstić information content (AvgIpc) is 3.67. The van der Waals surface area contributed by atoms with Gasteiger partial charge in [-0.2, -0.15) is 0 Å². The van der Waals surface area contributed by atoms with Gasteiger partial charge in [-0.05, 0) is 82.7 Å². The van der Waals surface area contributed by atoms with Crippen LogP contribution in [0.2, 0.25) is 0 Å². The third kappa shape index (κ3) is 3.73. The first kappa shape index (κ1) is 26.5. The third-order valence-corrected chi connectivity index (χ3v) is 10.3. The lowest BCUT2D eigenvalue weighted by molar-refractivity contribution is 0.487. The first-order chi connectivity index (χ1) is 24.3. The van der Waals surface area contributed by atoms with Crippen LogP contribution in [0.5, 0.6) is 11.5 Å². The fourth-order valence-electron chi connectivity index (χ4n) is 8.20. The Hall–Kier alpha value is -6.58. The normalized spacial score (nSPS) is 12.2. The highest BCUT2D eigenvalue weighted by Crippen LogP contribution is 2.50. The largest absolute Gasteiger partial charge is 0.456 e. The fourth-order valence-corrected chi connectivity index (χ4v) is 8.20. The zero-order valence-electron chi connectivity index (χ0n) is 26.5. The highest BCUT2D eigenvalue weighted by Gasteiger charge is 2.25. The minimum atomic E-state index is 0.899. The summed E-state index contributed by atoms with van der Waals surface area (Å²) in [7, 11) is 0. The topological polar surface area (TPSA) is 19.1 Å². The van der Waals surface area contributed by atoms with E-state index in [1.54, 1.807) is 0 Å². The van der Waals surface area contributed by atoms with Crippen LogP contribution >= 0.6 is 0 Å². The quantitative estimate of drug-likeness (QED) is 0.191. The summed E-state index contributed by atoms with van der Waals surface area (Å²) in [6, 6.07) is 61.2. The summed E-state index contributed by atoms with van der Waals surface area (Å²) >= 11 is 0. The molecule has 0 amide bonds. The highest BCUT2D eigenvalue weighted by atomic mass is 16.5. The SMILES string of the molecule is c1ccc(-n2c3ccccc3c3cc(-c4ccc5c(c4)c4c6cccc7c6c(cc4n5-c4ccccc4)Oc4ccccc4-7)ccc32)cc1. The van der Waals surface area contributed by atoms with E-state index >= 15 is 0 Å². The number of ether oxygens (including phenoxy) is 1. The molecule has 0 saturated carbocycles. The molecule has 1 aliphatic heterocycles. The lowest BCUT2D eigenvalue weighted by Gasteiger charge is -2.22. The minimum Gasteiger partial charge on any atom is -0.456 e. The van der Waals surface area contributed by atoms with Gasteiger partial charge in [0.25, 0.3) is 0 Å². The van der Waals surface area contributed by atoms with Gasteiger partial charge in [0, 0.05) is 49.9 Å². The Morgan fingerprint density at radius 1 is 0.327 bits per heavy atom. The molecule has 0 aliphatic carbocycles. The molecule has 49 heavy (non-hydrogen) atoms. The van der Waals surface area contributed by atoms with Gasteiger partial charge >= 0.3 is 0 Å². The lowest BCUT2D eigenvalue weighted by Crippen LogP contribution is -1.98. The van der Waals surface area contributed by atoms with Crippen LogP contribution in [0, 0.1) is 0 Å². The van der Waals surface area contributed by atoms with Crippen LogP contribution in [0.4, 0.5) is 0 Å². The number of fused-ring (bicyclic) bond motifs is 9. The smallest absolute Gasteiger partial charge is 0.138 e. The Morgan fingerprint density at radius 2 is 0.898 bits per heavy atom. The molecule has 3 nitrogen and oxygen atoms in total. The number of hydrogen-bond acceptors (Lipinski definition) is 1. The van der Waals surface area contributed by atoms with Crippen LogP contribution in [0.1, 0.15) is 0 Å². The molecule has 228 valence electrons. The van der Waals surface area contributed by atoms with Crippen LogP contribution in [0.25, 0.3) is 88.0 Å². The van der Waals surface area contributed by atoms with E-state index in [9.17, 15) is 0 Å². The molecule has 3 heteroatoms. The molecular weight excluding hydrogens is 597 g/mol. The van der Waals surface area contributed by atoms with Gasteiger partial charge in [0.15, 0.2) is 0 Å². The number of para-hydroxylation sites is 4. The molecule has 3 heterocycles. The molecule has 1 aliphatic rings. The number of benzene rings is 8. The van der Waals surface area contributed by atoms with Gasteiger partial charge in [-0.15, -0.1) is 0 Å². The van der Waals surface area contributed by atoms with Crippen molar-refractivity contribution in [1.82, 2.24) is 9.13 Å². The second kappa shape index (κ2) is 9.96. The first-order valence-electron chi connectivity index (χ1n) is 16.8. The van der Waals surface area contributed by atoms with E-state index < -0.39 is 0 Å². The van der Waals surface area contributed by atoms with Crippen molar-refractivity contribution in [3.05, 3.63) is 170 Å². The lowest BCUT2D eigenvalue weighted by atomic mass is 9.92. The van der Waals surface area contributed by atoms with E-state index in [0.29, 0.717) is 0 Å². The second-order valence-electron chi connectivity index (χ2n) is 12.9. The summed E-state index contributed by atoms with van der Waals surface area (Å²) < 4.78 is 11.4. The molecular formula is C46H28N2O. The van der Waals surface area contributed by atoms with Gasteiger partial charge in [-0.25, -0.2) is 0 Å². The van der Waals surface area contributed by atoms with E-state index in [1.807, 2.05) is 6.07 Å². The summed E-state index contributed by atoms with van der Waals surface area (Å²) in [6.45, 7) is 0. The molecule has 0 fully saturated rings. The second-order valence-corrected chi connectivity index (χ2v) is 12.9. The predicted octanol–water partition coefficient (Wildman–Crippen LogP) is 12.5. The molecule has 0 N–H and O–H groups in total. The number of nitrogens with zero attached hydrogens (tertiary/aromatic N) is 2. The van der Waals surface area contributed by atoms with Crippen molar-refractivity contribution >= 4 is 54.4 Å². The molecule has 0 radical (unpaired) electrons. The van der Waals surface area contributed by atoms with Crippen molar-refractivity contribution in [2.75, 3.05) is 0 Å². The van der Waals surface area contributed by atoms with Gasteiger partial charge in [0.05, 0.1) is 22.1 Å². The molecule has 0 atom stereocenters. The maximum Gasteiger partial charge on any atom is 0.138 e. The molecule has 0 spiro atoms. The molecule has 0 unspecified atom stereocenters. The summed E-state index contributed by atoms with van der Waals surface area (Å²) in [5.41, 5.74) is 11.8. The Kier molecular flexibility index (Phi) is 5.38. The molecule has 10 aromatic rings. The zero-order chi connectivity index (χ0) is 32.1. The van der Waals surface area contributed by atoms with Crippen molar-refractivity contribution in [3.8, 4) is 45.1 Å².